The second-order valence-corrected chi connectivity index (χ2v) is 6.47. The molecule has 3 heteroatoms. The Morgan fingerprint density at radius 2 is 1.71 bits per heavy atom. The van der Waals surface area contributed by atoms with E-state index >= 15 is 0 Å². The molecule has 0 fully saturated rings. The Balaban J connectivity index is 2.03. The smallest absolute Gasteiger partial charge is 0.130 e. The Labute approximate surface area is 127 Å². The highest BCUT2D eigenvalue weighted by Crippen LogP contribution is 2.18. The Kier molecular flexibility index (Phi) is 4.97. The Morgan fingerprint density at radius 3 is 2.38 bits per heavy atom. The van der Waals surface area contributed by atoms with Gasteiger partial charge in [-0.15, -0.1) is 0 Å². The highest BCUT2D eigenvalue weighted by molar-refractivity contribution is 5.55. The van der Waals surface area contributed by atoms with Crippen LogP contribution in [0, 0.1) is 0 Å². The minimum absolute atomic E-state index is 0.133. The summed E-state index contributed by atoms with van der Waals surface area (Å²) >= 11 is 0. The van der Waals surface area contributed by atoms with E-state index in [4.69, 9.17) is 4.98 Å². The first kappa shape index (κ1) is 15.5. The number of hydrogen-bond donors (Lipinski definition) is 2. The molecule has 0 aliphatic heterocycles. The normalized spacial score (nSPS) is 13.0. The highest BCUT2D eigenvalue weighted by atomic mass is 15.0. The molecular formula is C18H25N3. The lowest BCUT2D eigenvalue weighted by Crippen LogP contribution is -2.38. The van der Waals surface area contributed by atoms with Crippen LogP contribution in [0.4, 0.5) is 11.5 Å². The van der Waals surface area contributed by atoms with Crippen LogP contribution in [0.25, 0.3) is 0 Å². The first-order valence-electron chi connectivity index (χ1n) is 7.48. The van der Waals surface area contributed by atoms with Gasteiger partial charge in [0.2, 0.25) is 0 Å². The molecule has 1 atom stereocenters. The van der Waals surface area contributed by atoms with Crippen LogP contribution in [-0.2, 0) is 0 Å². The minimum Gasteiger partial charge on any atom is -0.340 e. The molecule has 2 aromatic rings. The molecule has 0 amide bonds. The van der Waals surface area contributed by atoms with Crippen LogP contribution < -0.4 is 10.6 Å². The van der Waals surface area contributed by atoms with E-state index in [1.807, 2.05) is 36.4 Å². The topological polar surface area (TPSA) is 37.0 Å². The molecule has 0 spiro atoms. The number of para-hydroxylation sites is 1. The van der Waals surface area contributed by atoms with Crippen LogP contribution in [0.1, 0.15) is 39.3 Å². The summed E-state index contributed by atoms with van der Waals surface area (Å²) in [5.74, 6) is 1.27. The van der Waals surface area contributed by atoms with Gasteiger partial charge in [0.05, 0.1) is 0 Å². The van der Waals surface area contributed by atoms with Gasteiger partial charge in [-0.2, -0.15) is 0 Å². The fourth-order valence-corrected chi connectivity index (χ4v) is 2.03. The van der Waals surface area contributed by atoms with Crippen molar-refractivity contribution < 1.29 is 0 Å². The molecule has 21 heavy (non-hydrogen) atoms. The predicted molar refractivity (Wildman–Crippen MR) is 90.1 cm³/mol. The quantitative estimate of drug-likeness (QED) is 0.858. The van der Waals surface area contributed by atoms with E-state index in [-0.39, 0.29) is 5.54 Å². The summed E-state index contributed by atoms with van der Waals surface area (Å²) in [4.78, 5) is 4.72. The third kappa shape index (κ3) is 5.20. The van der Waals surface area contributed by atoms with E-state index in [1.165, 1.54) is 0 Å². The molecule has 1 heterocycles. The SMILES string of the molecule is C[C@H](CNC(C)(C)C)c1cccc(Nc2ccccc2)n1. The van der Waals surface area contributed by atoms with Gasteiger partial charge >= 0.3 is 0 Å². The monoisotopic (exact) mass is 283 g/mol. The molecule has 2 N–H and O–H groups in total. The summed E-state index contributed by atoms with van der Waals surface area (Å²) in [6.45, 7) is 9.67. The number of nitrogens with one attached hydrogen (secondary N) is 2. The summed E-state index contributed by atoms with van der Waals surface area (Å²) in [7, 11) is 0. The molecule has 0 unspecified atom stereocenters. The lowest BCUT2D eigenvalue weighted by atomic mass is 10.0. The van der Waals surface area contributed by atoms with Crippen molar-refractivity contribution in [3.8, 4) is 0 Å². The van der Waals surface area contributed by atoms with E-state index in [9.17, 15) is 0 Å². The van der Waals surface area contributed by atoms with Gasteiger partial charge < -0.3 is 10.6 Å². The minimum atomic E-state index is 0.133. The van der Waals surface area contributed by atoms with Crippen molar-refractivity contribution in [3.63, 3.8) is 0 Å². The van der Waals surface area contributed by atoms with Crippen molar-refractivity contribution >= 4 is 11.5 Å². The molecule has 0 saturated carbocycles. The maximum absolute atomic E-state index is 4.72. The number of pyridine rings is 1. The molecule has 1 aromatic carbocycles. The van der Waals surface area contributed by atoms with Crippen LogP contribution in [0.5, 0.6) is 0 Å². The second kappa shape index (κ2) is 6.72. The average molecular weight is 283 g/mol. The maximum atomic E-state index is 4.72. The van der Waals surface area contributed by atoms with Gasteiger partial charge in [-0.25, -0.2) is 4.98 Å². The van der Waals surface area contributed by atoms with Crippen molar-refractivity contribution in [2.24, 2.45) is 0 Å². The number of aromatic nitrogens is 1. The number of anilines is 2. The third-order valence-electron chi connectivity index (χ3n) is 3.26. The van der Waals surface area contributed by atoms with Gasteiger partial charge in [-0.1, -0.05) is 31.2 Å². The van der Waals surface area contributed by atoms with Crippen molar-refractivity contribution in [1.29, 1.82) is 0 Å². The summed E-state index contributed by atoms with van der Waals surface area (Å²) in [5.41, 5.74) is 2.30. The molecule has 3 nitrogen and oxygen atoms in total. The molecule has 2 rings (SSSR count). The number of hydrogen-bond acceptors (Lipinski definition) is 3. The van der Waals surface area contributed by atoms with Crippen LogP contribution in [0.2, 0.25) is 0 Å². The summed E-state index contributed by atoms with van der Waals surface area (Å²) in [6, 6.07) is 16.3. The lowest BCUT2D eigenvalue weighted by molar-refractivity contribution is 0.410. The molecule has 112 valence electrons. The Bertz CT molecular complexity index is 558. The molecule has 0 aliphatic rings. The third-order valence-corrected chi connectivity index (χ3v) is 3.26. The molecule has 0 bridgehead atoms. The lowest BCUT2D eigenvalue weighted by Gasteiger charge is -2.23. The summed E-state index contributed by atoms with van der Waals surface area (Å²) in [5, 5.41) is 6.87. The van der Waals surface area contributed by atoms with E-state index in [0.29, 0.717) is 5.92 Å². The fourth-order valence-electron chi connectivity index (χ4n) is 2.03. The molecule has 0 radical (unpaired) electrons. The van der Waals surface area contributed by atoms with Crippen LogP contribution >= 0.6 is 0 Å². The maximum Gasteiger partial charge on any atom is 0.130 e. The molecular weight excluding hydrogens is 258 g/mol. The van der Waals surface area contributed by atoms with Gasteiger partial charge in [-0.3, -0.25) is 0 Å². The first-order chi connectivity index (χ1) is 9.94. The number of benzene rings is 1. The van der Waals surface area contributed by atoms with E-state index in [2.05, 4.69) is 50.5 Å². The number of nitrogens with zero attached hydrogens (tertiary/aromatic N) is 1. The van der Waals surface area contributed by atoms with Crippen molar-refractivity contribution in [2.75, 3.05) is 11.9 Å². The highest BCUT2D eigenvalue weighted by Gasteiger charge is 2.13. The average Bonchev–Trinajstić information content (AvgIpc) is 2.45. The van der Waals surface area contributed by atoms with Crippen LogP contribution in [0.15, 0.2) is 48.5 Å². The molecule has 1 aromatic heterocycles. The van der Waals surface area contributed by atoms with E-state index in [1.54, 1.807) is 0 Å². The molecule has 0 aliphatic carbocycles. The predicted octanol–water partition coefficient (Wildman–Crippen LogP) is 4.32. The number of rotatable bonds is 5. The van der Waals surface area contributed by atoms with Crippen LogP contribution in [-0.4, -0.2) is 17.1 Å². The largest absolute Gasteiger partial charge is 0.340 e. The summed E-state index contributed by atoms with van der Waals surface area (Å²) < 4.78 is 0. The first-order valence-corrected chi connectivity index (χ1v) is 7.48. The van der Waals surface area contributed by atoms with Gasteiger partial charge in [0.25, 0.3) is 0 Å². The molecule has 0 saturated heterocycles. The Morgan fingerprint density at radius 1 is 1.00 bits per heavy atom. The zero-order valence-corrected chi connectivity index (χ0v) is 13.4. The standard InChI is InChI=1S/C18H25N3/c1-14(13-19-18(2,3)4)16-11-8-12-17(21-16)20-15-9-6-5-7-10-15/h5-12,14,19H,13H2,1-4H3,(H,20,21)/t14-/m1/s1. The van der Waals surface area contributed by atoms with Gasteiger partial charge in [-0.05, 0) is 45.0 Å². The van der Waals surface area contributed by atoms with E-state index in [0.717, 1.165) is 23.7 Å². The Hall–Kier alpha value is -1.87. The van der Waals surface area contributed by atoms with Gasteiger partial charge in [0, 0.05) is 29.4 Å². The van der Waals surface area contributed by atoms with Gasteiger partial charge in [0.1, 0.15) is 5.82 Å². The van der Waals surface area contributed by atoms with Crippen LogP contribution in [0.3, 0.4) is 0 Å². The summed E-state index contributed by atoms with van der Waals surface area (Å²) in [6.07, 6.45) is 0. The van der Waals surface area contributed by atoms with E-state index < -0.39 is 0 Å². The van der Waals surface area contributed by atoms with Gasteiger partial charge in [0.15, 0.2) is 0 Å². The van der Waals surface area contributed by atoms with Crippen molar-refractivity contribution in [1.82, 2.24) is 10.3 Å². The second-order valence-electron chi connectivity index (χ2n) is 6.47. The van der Waals surface area contributed by atoms with Crippen molar-refractivity contribution in [2.45, 2.75) is 39.2 Å². The zero-order valence-electron chi connectivity index (χ0n) is 13.4. The van der Waals surface area contributed by atoms with Crippen molar-refractivity contribution in [3.05, 3.63) is 54.2 Å². The fraction of sp³-hybridized carbons (Fsp3) is 0.389. The zero-order chi connectivity index (χ0) is 15.3.